The second kappa shape index (κ2) is 8.24. The summed E-state index contributed by atoms with van der Waals surface area (Å²) in [6.45, 7) is 3.05. The highest BCUT2D eigenvalue weighted by atomic mass is 19.1. The first-order valence-corrected chi connectivity index (χ1v) is 7.70. The van der Waals surface area contributed by atoms with Crippen LogP contribution in [0.1, 0.15) is 13.3 Å². The lowest BCUT2D eigenvalue weighted by Gasteiger charge is -2.22. The number of nitrogens with zero attached hydrogens (tertiary/aromatic N) is 4. The Bertz CT molecular complexity index is 679. The molecule has 0 aliphatic heterocycles. The maximum Gasteiger partial charge on any atom is 0.239 e. The first-order valence-electron chi connectivity index (χ1n) is 7.70. The molecule has 0 saturated heterocycles. The third kappa shape index (κ3) is 4.91. The van der Waals surface area contributed by atoms with Crippen molar-refractivity contribution >= 4 is 11.7 Å². The van der Waals surface area contributed by atoms with Gasteiger partial charge in [0, 0.05) is 33.6 Å². The Kier molecular flexibility index (Phi) is 6.06. The number of likely N-dealkylation sites (N-methyl/N-ethyl adjacent to an activating group) is 2. The fraction of sp³-hybridized carbons (Fsp3) is 0.353. The van der Waals surface area contributed by atoms with E-state index in [4.69, 9.17) is 4.74 Å². The number of carbonyl (C=O) groups is 1. The van der Waals surface area contributed by atoms with Crippen molar-refractivity contribution in [1.29, 1.82) is 0 Å². The van der Waals surface area contributed by atoms with Gasteiger partial charge in [-0.15, -0.1) is 0 Å². The van der Waals surface area contributed by atoms with Crippen LogP contribution in [0.3, 0.4) is 0 Å². The molecule has 0 saturated carbocycles. The van der Waals surface area contributed by atoms with Crippen LogP contribution in [0.4, 0.5) is 10.2 Å². The molecule has 0 bridgehead atoms. The molecule has 0 unspecified atom stereocenters. The molecule has 7 heteroatoms. The average molecular weight is 332 g/mol. The molecule has 24 heavy (non-hydrogen) atoms. The highest BCUT2D eigenvalue weighted by Gasteiger charge is 2.10. The smallest absolute Gasteiger partial charge is 0.239 e. The molecule has 1 heterocycles. The summed E-state index contributed by atoms with van der Waals surface area (Å²) in [4.78, 5) is 23.6. The summed E-state index contributed by atoms with van der Waals surface area (Å²) in [6, 6.07) is 5.69. The number of hydrogen-bond acceptors (Lipinski definition) is 5. The summed E-state index contributed by atoms with van der Waals surface area (Å²) in [6.07, 6.45) is 3.60. The molecule has 6 nitrogen and oxygen atoms in total. The molecule has 0 spiro atoms. The van der Waals surface area contributed by atoms with Crippen LogP contribution in [-0.4, -0.2) is 48.0 Å². The van der Waals surface area contributed by atoms with Gasteiger partial charge in [-0.1, -0.05) is 6.92 Å². The van der Waals surface area contributed by atoms with Gasteiger partial charge in [0.1, 0.15) is 11.6 Å². The number of aromatic nitrogens is 2. The summed E-state index contributed by atoms with van der Waals surface area (Å²) >= 11 is 0. The quantitative estimate of drug-likeness (QED) is 0.780. The number of ether oxygens (including phenoxy) is 1. The van der Waals surface area contributed by atoms with Crippen LogP contribution < -0.4 is 9.64 Å². The van der Waals surface area contributed by atoms with E-state index in [9.17, 15) is 9.18 Å². The topological polar surface area (TPSA) is 58.6 Å². The van der Waals surface area contributed by atoms with Gasteiger partial charge >= 0.3 is 0 Å². The molecule has 1 aromatic heterocycles. The van der Waals surface area contributed by atoms with Crippen molar-refractivity contribution in [1.82, 2.24) is 14.9 Å². The lowest BCUT2D eigenvalue weighted by Crippen LogP contribution is -2.34. The number of amides is 1. The largest absolute Gasteiger partial charge is 0.437 e. The SMILES string of the molecule is CCC(=O)N(C)CCN(C)c1cncc(Oc2ccc(F)cc2)n1. The van der Waals surface area contributed by atoms with E-state index in [0.717, 1.165) is 0 Å². The summed E-state index contributed by atoms with van der Waals surface area (Å²) in [5.74, 6) is 1.21. The number of rotatable bonds is 7. The van der Waals surface area contributed by atoms with Gasteiger partial charge in [-0.05, 0) is 24.3 Å². The minimum absolute atomic E-state index is 0.0999. The molecule has 2 aromatic rings. The lowest BCUT2D eigenvalue weighted by atomic mass is 10.3. The van der Waals surface area contributed by atoms with Crippen molar-refractivity contribution in [3.63, 3.8) is 0 Å². The third-order valence-corrected chi connectivity index (χ3v) is 3.53. The van der Waals surface area contributed by atoms with Crippen molar-refractivity contribution < 1.29 is 13.9 Å². The fourth-order valence-corrected chi connectivity index (χ4v) is 2.00. The Morgan fingerprint density at radius 3 is 2.54 bits per heavy atom. The molecule has 0 aliphatic rings. The molecular weight excluding hydrogens is 311 g/mol. The first-order chi connectivity index (χ1) is 11.5. The van der Waals surface area contributed by atoms with Crippen molar-refractivity contribution in [2.75, 3.05) is 32.1 Å². The molecule has 1 aromatic carbocycles. The highest BCUT2D eigenvalue weighted by Crippen LogP contribution is 2.20. The van der Waals surface area contributed by atoms with Gasteiger partial charge in [0.2, 0.25) is 11.8 Å². The summed E-state index contributed by atoms with van der Waals surface area (Å²) in [5.41, 5.74) is 0. The van der Waals surface area contributed by atoms with Gasteiger partial charge in [0.05, 0.1) is 12.4 Å². The Labute approximate surface area is 140 Å². The lowest BCUT2D eigenvalue weighted by molar-refractivity contribution is -0.129. The molecule has 0 aliphatic carbocycles. The van der Waals surface area contributed by atoms with Crippen LogP contribution in [0.15, 0.2) is 36.7 Å². The molecule has 0 fully saturated rings. The van der Waals surface area contributed by atoms with E-state index < -0.39 is 0 Å². The maximum absolute atomic E-state index is 12.9. The van der Waals surface area contributed by atoms with Gasteiger partial charge in [0.15, 0.2) is 5.82 Å². The van der Waals surface area contributed by atoms with Crippen LogP contribution in [-0.2, 0) is 4.79 Å². The van der Waals surface area contributed by atoms with E-state index in [2.05, 4.69) is 9.97 Å². The van der Waals surface area contributed by atoms with Gasteiger partial charge in [0.25, 0.3) is 0 Å². The van der Waals surface area contributed by atoms with E-state index in [0.29, 0.717) is 37.0 Å². The van der Waals surface area contributed by atoms with Gasteiger partial charge < -0.3 is 14.5 Å². The summed E-state index contributed by atoms with van der Waals surface area (Å²) < 4.78 is 18.5. The molecule has 128 valence electrons. The molecular formula is C17H21FN4O2. The normalized spacial score (nSPS) is 10.3. The van der Waals surface area contributed by atoms with Crippen molar-refractivity contribution in [3.8, 4) is 11.6 Å². The first kappa shape index (κ1) is 17.7. The predicted octanol–water partition coefficient (Wildman–Crippen LogP) is 2.71. The number of hydrogen-bond donors (Lipinski definition) is 0. The number of carbonyl (C=O) groups excluding carboxylic acids is 1. The van der Waals surface area contributed by atoms with Gasteiger partial charge in [-0.2, -0.15) is 4.98 Å². The number of anilines is 1. The number of benzene rings is 1. The molecule has 2 rings (SSSR count). The maximum atomic E-state index is 12.9. The van der Waals surface area contributed by atoms with Gasteiger partial charge in [-0.3, -0.25) is 9.78 Å². The van der Waals surface area contributed by atoms with Crippen LogP contribution in [0, 0.1) is 5.82 Å². The molecule has 1 amide bonds. The second-order valence-corrected chi connectivity index (χ2v) is 5.36. The van der Waals surface area contributed by atoms with Crippen LogP contribution in [0.25, 0.3) is 0 Å². The number of halogens is 1. The van der Waals surface area contributed by atoms with Crippen molar-refractivity contribution in [3.05, 3.63) is 42.5 Å². The average Bonchev–Trinajstić information content (AvgIpc) is 2.60. The van der Waals surface area contributed by atoms with E-state index in [-0.39, 0.29) is 11.7 Å². The zero-order valence-corrected chi connectivity index (χ0v) is 14.1. The third-order valence-electron chi connectivity index (χ3n) is 3.53. The van der Waals surface area contributed by atoms with E-state index in [1.807, 2.05) is 18.9 Å². The van der Waals surface area contributed by atoms with Crippen LogP contribution >= 0.6 is 0 Å². The minimum atomic E-state index is -0.326. The standard InChI is InChI=1S/C17H21FN4O2/c1-4-17(23)22(3)10-9-21(2)15-11-19-12-16(20-15)24-14-7-5-13(18)6-8-14/h5-8,11-12H,4,9-10H2,1-3H3. The van der Waals surface area contributed by atoms with Crippen LogP contribution in [0.2, 0.25) is 0 Å². The molecule has 0 radical (unpaired) electrons. The Hall–Kier alpha value is -2.70. The summed E-state index contributed by atoms with van der Waals surface area (Å²) in [5, 5.41) is 0. The Balaban J connectivity index is 1.98. The van der Waals surface area contributed by atoms with Crippen molar-refractivity contribution in [2.24, 2.45) is 0 Å². The van der Waals surface area contributed by atoms with Crippen molar-refractivity contribution in [2.45, 2.75) is 13.3 Å². The van der Waals surface area contributed by atoms with E-state index in [1.54, 1.807) is 18.1 Å². The van der Waals surface area contributed by atoms with E-state index >= 15 is 0 Å². The zero-order chi connectivity index (χ0) is 17.5. The van der Waals surface area contributed by atoms with Crippen LogP contribution in [0.5, 0.6) is 11.6 Å². The molecule has 0 N–H and O–H groups in total. The Morgan fingerprint density at radius 2 is 1.88 bits per heavy atom. The fourth-order valence-electron chi connectivity index (χ4n) is 2.00. The predicted molar refractivity (Wildman–Crippen MR) is 89.7 cm³/mol. The van der Waals surface area contributed by atoms with E-state index in [1.165, 1.54) is 30.5 Å². The molecule has 0 atom stereocenters. The zero-order valence-electron chi connectivity index (χ0n) is 14.1. The minimum Gasteiger partial charge on any atom is -0.437 e. The second-order valence-electron chi connectivity index (χ2n) is 5.36. The Morgan fingerprint density at radius 1 is 1.17 bits per heavy atom. The monoisotopic (exact) mass is 332 g/mol. The highest BCUT2D eigenvalue weighted by molar-refractivity contribution is 5.75. The van der Waals surface area contributed by atoms with Gasteiger partial charge in [-0.25, -0.2) is 4.39 Å². The summed E-state index contributed by atoms with van der Waals surface area (Å²) in [7, 11) is 3.65.